The van der Waals surface area contributed by atoms with Crippen LogP contribution in [0.25, 0.3) is 5.69 Å². The fraction of sp³-hybridized carbons (Fsp3) is 0.250. The molecule has 1 atom stereocenters. The van der Waals surface area contributed by atoms with E-state index in [1.54, 1.807) is 36.7 Å². The molecule has 0 spiro atoms. The minimum Gasteiger partial charge on any atom is -0.326 e. The van der Waals surface area contributed by atoms with Gasteiger partial charge in [0, 0.05) is 25.0 Å². The second-order valence-corrected chi connectivity index (χ2v) is 9.46. The smallest absolute Gasteiger partial charge is 0.326 e. The van der Waals surface area contributed by atoms with Gasteiger partial charge in [-0.25, -0.2) is 9.07 Å². The molecule has 5 rings (SSSR count). The lowest BCUT2D eigenvalue weighted by atomic mass is 9.99. The number of rotatable bonds is 9. The van der Waals surface area contributed by atoms with Gasteiger partial charge in [-0.15, -0.1) is 0 Å². The summed E-state index contributed by atoms with van der Waals surface area (Å²) >= 11 is 0. The Morgan fingerprint density at radius 1 is 1.08 bits per heavy atom. The van der Waals surface area contributed by atoms with Crippen LogP contribution in [-0.4, -0.2) is 27.2 Å². The Balaban J connectivity index is 1.48. The highest BCUT2D eigenvalue weighted by Crippen LogP contribution is 2.32. The number of halogens is 4. The zero-order chi connectivity index (χ0) is 27.6. The molecule has 0 radical (unpaired) electrons. The summed E-state index contributed by atoms with van der Waals surface area (Å²) in [5.74, 6) is -1.10. The number of nitrogens with two attached hydrogens (primary N) is 1. The van der Waals surface area contributed by atoms with Gasteiger partial charge in [0.2, 0.25) is 0 Å². The van der Waals surface area contributed by atoms with Gasteiger partial charge in [0.15, 0.2) is 5.69 Å². The van der Waals surface area contributed by atoms with E-state index in [0.29, 0.717) is 23.1 Å². The summed E-state index contributed by atoms with van der Waals surface area (Å²) < 4.78 is 56.4. The van der Waals surface area contributed by atoms with Gasteiger partial charge in [0.25, 0.3) is 5.91 Å². The van der Waals surface area contributed by atoms with E-state index in [-0.39, 0.29) is 24.0 Å². The second kappa shape index (κ2) is 11.0. The molecule has 0 bridgehead atoms. The van der Waals surface area contributed by atoms with Crippen LogP contribution in [0, 0.1) is 11.7 Å². The van der Waals surface area contributed by atoms with Crippen LogP contribution in [0.5, 0.6) is 0 Å². The summed E-state index contributed by atoms with van der Waals surface area (Å²) in [7, 11) is 0. The van der Waals surface area contributed by atoms with Crippen molar-refractivity contribution in [2.24, 2.45) is 11.7 Å². The molecular weight excluding hydrogens is 512 g/mol. The van der Waals surface area contributed by atoms with E-state index in [1.807, 2.05) is 6.07 Å². The third-order valence-electron chi connectivity index (χ3n) is 6.52. The van der Waals surface area contributed by atoms with Crippen molar-refractivity contribution in [1.29, 1.82) is 0 Å². The van der Waals surface area contributed by atoms with Crippen molar-refractivity contribution in [2.45, 2.75) is 31.6 Å². The lowest BCUT2D eigenvalue weighted by molar-refractivity contribution is -0.141. The molecular formula is C28H26F4N6O. The van der Waals surface area contributed by atoms with Crippen LogP contribution in [-0.2, 0) is 12.7 Å². The number of hydrogen-bond acceptors (Lipinski definition) is 5. The Morgan fingerprint density at radius 2 is 1.90 bits per heavy atom. The summed E-state index contributed by atoms with van der Waals surface area (Å²) in [6, 6.07) is 14.7. The Kier molecular flexibility index (Phi) is 7.45. The van der Waals surface area contributed by atoms with Gasteiger partial charge < -0.3 is 16.4 Å². The van der Waals surface area contributed by atoms with Gasteiger partial charge >= 0.3 is 6.18 Å². The number of alkyl halides is 3. The molecule has 2 heterocycles. The Labute approximate surface area is 222 Å². The highest BCUT2D eigenvalue weighted by molar-refractivity contribution is 6.03. The fourth-order valence-corrected chi connectivity index (χ4v) is 4.28. The molecule has 0 saturated heterocycles. The molecule has 1 aliphatic rings. The van der Waals surface area contributed by atoms with E-state index < -0.39 is 29.3 Å². The van der Waals surface area contributed by atoms with E-state index in [9.17, 15) is 22.4 Å². The first kappa shape index (κ1) is 26.5. The molecule has 1 fully saturated rings. The molecule has 1 saturated carbocycles. The quantitative estimate of drug-likeness (QED) is 0.254. The van der Waals surface area contributed by atoms with Crippen LogP contribution in [0.4, 0.5) is 23.2 Å². The molecule has 4 aromatic rings. The Hall–Kier alpha value is -4.09. The van der Waals surface area contributed by atoms with Crippen molar-refractivity contribution in [2.75, 3.05) is 11.9 Å². The third kappa shape index (κ3) is 6.15. The van der Waals surface area contributed by atoms with Crippen molar-refractivity contribution in [1.82, 2.24) is 20.1 Å². The van der Waals surface area contributed by atoms with Gasteiger partial charge in [0.1, 0.15) is 11.5 Å². The maximum absolute atomic E-state index is 14.9. The number of anilines is 1. The first-order valence-corrected chi connectivity index (χ1v) is 12.4. The molecule has 1 unspecified atom stereocenters. The normalized spacial score (nSPS) is 14.3. The first-order chi connectivity index (χ1) is 18.7. The summed E-state index contributed by atoms with van der Waals surface area (Å²) in [4.78, 5) is 17.5. The number of benzene rings is 2. The molecule has 39 heavy (non-hydrogen) atoms. The first-order valence-electron chi connectivity index (χ1n) is 12.4. The van der Waals surface area contributed by atoms with Crippen LogP contribution < -0.4 is 16.4 Å². The number of nitrogens with zero attached hydrogens (tertiary/aromatic N) is 3. The zero-order valence-electron chi connectivity index (χ0n) is 20.8. The van der Waals surface area contributed by atoms with Crippen molar-refractivity contribution >= 4 is 11.6 Å². The molecule has 1 aliphatic carbocycles. The standard InChI is InChI=1S/C28H26F4N6O/c29-22-9-8-19(26(35-15-17-6-7-17)20-4-2-10-34-16-20)12-23(22)36-27(39)24-13-25(28(30,31)32)37-38(24)21-5-1-3-18(11-21)14-33/h1-5,8-13,16-17,26,35H,6-7,14-15,33H2,(H,36,39). The van der Waals surface area contributed by atoms with E-state index in [2.05, 4.69) is 20.7 Å². The van der Waals surface area contributed by atoms with E-state index >= 15 is 0 Å². The summed E-state index contributed by atoms with van der Waals surface area (Å²) in [5.41, 5.74) is 6.23. The lowest BCUT2D eigenvalue weighted by Gasteiger charge is -2.20. The Morgan fingerprint density at radius 3 is 2.59 bits per heavy atom. The predicted molar refractivity (Wildman–Crippen MR) is 138 cm³/mol. The molecule has 11 heteroatoms. The lowest BCUT2D eigenvalue weighted by Crippen LogP contribution is -2.25. The van der Waals surface area contributed by atoms with Crippen LogP contribution in [0.2, 0.25) is 0 Å². The van der Waals surface area contributed by atoms with Crippen LogP contribution >= 0.6 is 0 Å². The third-order valence-corrected chi connectivity index (χ3v) is 6.52. The average Bonchev–Trinajstić information content (AvgIpc) is 3.64. The number of carbonyl (C=O) groups excluding carboxylic acids is 1. The largest absolute Gasteiger partial charge is 0.435 e. The molecule has 7 nitrogen and oxygen atoms in total. The summed E-state index contributed by atoms with van der Waals surface area (Å²) in [6.07, 6.45) is 0.845. The fourth-order valence-electron chi connectivity index (χ4n) is 4.28. The monoisotopic (exact) mass is 538 g/mol. The average molecular weight is 539 g/mol. The molecule has 1 amide bonds. The topological polar surface area (TPSA) is 97.9 Å². The van der Waals surface area contributed by atoms with Crippen molar-refractivity contribution < 1.29 is 22.4 Å². The molecule has 0 aliphatic heterocycles. The number of carbonyl (C=O) groups is 1. The summed E-state index contributed by atoms with van der Waals surface area (Å²) in [5, 5.41) is 9.55. The highest BCUT2D eigenvalue weighted by atomic mass is 19.4. The van der Waals surface area contributed by atoms with Crippen LogP contribution in [0.3, 0.4) is 0 Å². The number of aromatic nitrogens is 3. The maximum atomic E-state index is 14.9. The SMILES string of the molecule is NCc1cccc(-n2nc(C(F)(F)F)cc2C(=O)Nc2cc(C(NCC3CC3)c3cccnc3)ccc2F)c1. The van der Waals surface area contributed by atoms with Gasteiger partial charge in [-0.2, -0.15) is 18.3 Å². The van der Waals surface area contributed by atoms with Gasteiger partial charge in [-0.1, -0.05) is 24.3 Å². The van der Waals surface area contributed by atoms with Gasteiger partial charge in [-0.3, -0.25) is 9.78 Å². The van der Waals surface area contributed by atoms with Crippen molar-refractivity contribution in [3.8, 4) is 5.69 Å². The zero-order valence-corrected chi connectivity index (χ0v) is 20.8. The highest BCUT2D eigenvalue weighted by Gasteiger charge is 2.36. The maximum Gasteiger partial charge on any atom is 0.435 e. The predicted octanol–water partition coefficient (Wildman–Crippen LogP) is 5.23. The Bertz CT molecular complexity index is 1470. The molecule has 202 valence electrons. The van der Waals surface area contributed by atoms with Crippen LogP contribution in [0.1, 0.15) is 51.8 Å². The van der Waals surface area contributed by atoms with Crippen LogP contribution in [0.15, 0.2) is 73.1 Å². The molecule has 4 N–H and O–H groups in total. The number of amides is 1. The van der Waals surface area contributed by atoms with E-state index in [4.69, 9.17) is 5.73 Å². The molecule has 2 aromatic carbocycles. The van der Waals surface area contributed by atoms with Crippen molar-refractivity contribution in [3.05, 3.63) is 107 Å². The van der Waals surface area contributed by atoms with E-state index in [1.165, 1.54) is 24.3 Å². The van der Waals surface area contributed by atoms with E-state index in [0.717, 1.165) is 29.6 Å². The van der Waals surface area contributed by atoms with Gasteiger partial charge in [0.05, 0.1) is 17.4 Å². The minimum atomic E-state index is -4.79. The number of nitrogens with one attached hydrogen (secondary N) is 2. The summed E-state index contributed by atoms with van der Waals surface area (Å²) in [6.45, 7) is 0.910. The van der Waals surface area contributed by atoms with Crippen molar-refractivity contribution in [3.63, 3.8) is 0 Å². The molecule has 2 aromatic heterocycles. The number of hydrogen-bond donors (Lipinski definition) is 3. The second-order valence-electron chi connectivity index (χ2n) is 9.46. The van der Waals surface area contributed by atoms with Gasteiger partial charge in [-0.05, 0) is 72.3 Å². The minimum absolute atomic E-state index is 0.146. The number of pyridine rings is 1.